The number of thioether (sulfide) groups is 2. The molecule has 0 bridgehead atoms. The van der Waals surface area contributed by atoms with Crippen molar-refractivity contribution in [1.29, 1.82) is 0 Å². The van der Waals surface area contributed by atoms with E-state index in [-0.39, 0.29) is 5.75 Å². The van der Waals surface area contributed by atoms with Gasteiger partial charge in [0.2, 0.25) is 0 Å². The summed E-state index contributed by atoms with van der Waals surface area (Å²) in [4.78, 5) is 0. The van der Waals surface area contributed by atoms with Gasteiger partial charge in [0.1, 0.15) is 11.5 Å². The maximum Gasteiger partial charge on any atom is 0.284 e. The molecule has 2 heterocycles. The predicted molar refractivity (Wildman–Crippen MR) is 73.2 cm³/mol. The highest BCUT2D eigenvalue weighted by atomic mass is 32.2. The van der Waals surface area contributed by atoms with Crippen LogP contribution in [0.4, 0.5) is 8.78 Å². The average Bonchev–Trinajstić information content (AvgIpc) is 2.83. The van der Waals surface area contributed by atoms with Crippen LogP contribution in [0.2, 0.25) is 0 Å². The van der Waals surface area contributed by atoms with E-state index in [1.54, 1.807) is 6.07 Å². The van der Waals surface area contributed by atoms with Crippen molar-refractivity contribution in [3.8, 4) is 0 Å². The molecule has 0 amide bonds. The third-order valence-electron chi connectivity index (χ3n) is 2.79. The van der Waals surface area contributed by atoms with Gasteiger partial charge in [0.15, 0.2) is 0 Å². The second kappa shape index (κ2) is 7.40. The van der Waals surface area contributed by atoms with Gasteiger partial charge in [-0.1, -0.05) is 11.8 Å². The van der Waals surface area contributed by atoms with E-state index in [0.717, 1.165) is 11.5 Å². The Labute approximate surface area is 114 Å². The van der Waals surface area contributed by atoms with Crippen molar-refractivity contribution in [3.05, 3.63) is 23.7 Å². The second-order valence-electron chi connectivity index (χ2n) is 4.23. The van der Waals surface area contributed by atoms with E-state index >= 15 is 0 Å². The summed E-state index contributed by atoms with van der Waals surface area (Å²) in [6, 6.07) is 4.19. The zero-order valence-electron chi connectivity index (χ0n) is 10.0. The summed E-state index contributed by atoms with van der Waals surface area (Å²) in [5.74, 6) is 1.75. The summed E-state index contributed by atoms with van der Waals surface area (Å²) in [7, 11) is 0. The molecule has 1 aromatic rings. The number of furan rings is 1. The van der Waals surface area contributed by atoms with E-state index in [2.05, 4.69) is 5.32 Å². The monoisotopic (exact) mass is 293 g/mol. The lowest BCUT2D eigenvalue weighted by molar-refractivity contribution is 0.251. The minimum absolute atomic E-state index is 0.233. The van der Waals surface area contributed by atoms with E-state index < -0.39 is 5.76 Å². The minimum atomic E-state index is -2.34. The van der Waals surface area contributed by atoms with Gasteiger partial charge >= 0.3 is 0 Å². The Morgan fingerprint density at radius 2 is 2.28 bits per heavy atom. The molecule has 1 atom stereocenters. The lowest BCUT2D eigenvalue weighted by Crippen LogP contribution is -2.33. The first-order chi connectivity index (χ1) is 8.74. The van der Waals surface area contributed by atoms with Gasteiger partial charge in [-0.2, -0.15) is 20.5 Å². The Kier molecular flexibility index (Phi) is 5.85. The van der Waals surface area contributed by atoms with Crippen LogP contribution in [-0.4, -0.2) is 23.3 Å². The van der Waals surface area contributed by atoms with Crippen LogP contribution in [0.5, 0.6) is 0 Å². The molecule has 1 aliphatic heterocycles. The molecule has 18 heavy (non-hydrogen) atoms. The Hall–Kier alpha value is -0.200. The molecule has 1 unspecified atom stereocenters. The number of rotatable bonds is 6. The van der Waals surface area contributed by atoms with Crippen molar-refractivity contribution < 1.29 is 13.2 Å². The fraction of sp³-hybridized carbons (Fsp3) is 0.667. The fourth-order valence-electron chi connectivity index (χ4n) is 1.89. The molecular formula is C12H17F2NOS2. The number of hydrogen-bond acceptors (Lipinski definition) is 4. The summed E-state index contributed by atoms with van der Waals surface area (Å²) in [5, 5.41) is 3.45. The summed E-state index contributed by atoms with van der Waals surface area (Å²) in [6.45, 7) is 0.685. The van der Waals surface area contributed by atoms with Crippen LogP contribution in [0.1, 0.15) is 24.4 Å². The number of hydrogen-bond donors (Lipinski definition) is 1. The highest BCUT2D eigenvalue weighted by molar-refractivity contribution is 7.99. The highest BCUT2D eigenvalue weighted by Gasteiger charge is 2.13. The molecule has 1 N–H and O–H groups in total. The smallest absolute Gasteiger partial charge is 0.284 e. The Morgan fingerprint density at radius 3 is 3.00 bits per heavy atom. The van der Waals surface area contributed by atoms with Crippen molar-refractivity contribution >= 4 is 23.5 Å². The molecule has 0 aromatic carbocycles. The largest absolute Gasteiger partial charge is 0.464 e. The Morgan fingerprint density at radius 1 is 1.44 bits per heavy atom. The number of halogens is 2. The average molecular weight is 293 g/mol. The van der Waals surface area contributed by atoms with Crippen molar-refractivity contribution in [3.63, 3.8) is 0 Å². The molecule has 1 fully saturated rings. The first-order valence-corrected chi connectivity index (χ1v) is 8.23. The predicted octanol–water partition coefficient (Wildman–Crippen LogP) is 3.72. The van der Waals surface area contributed by atoms with E-state index in [1.165, 1.54) is 18.6 Å². The lowest BCUT2D eigenvalue weighted by Gasteiger charge is -2.21. The molecule has 2 rings (SSSR count). The SMILES string of the molecule is FC(F)SCc1ccc(CNC2CCCSC2)o1. The van der Waals surface area contributed by atoms with Gasteiger partial charge in [0.05, 0.1) is 12.3 Å². The third-order valence-corrected chi connectivity index (χ3v) is 4.71. The Balaban J connectivity index is 1.72. The van der Waals surface area contributed by atoms with Crippen molar-refractivity contribution in [2.45, 2.75) is 36.9 Å². The maximum absolute atomic E-state index is 12.0. The number of alkyl halides is 2. The molecule has 1 aliphatic rings. The van der Waals surface area contributed by atoms with E-state index in [1.807, 2.05) is 17.8 Å². The molecule has 0 saturated carbocycles. The molecule has 2 nitrogen and oxygen atoms in total. The van der Waals surface area contributed by atoms with Crippen LogP contribution in [-0.2, 0) is 12.3 Å². The minimum Gasteiger partial charge on any atom is -0.464 e. The molecule has 0 radical (unpaired) electrons. The highest BCUT2D eigenvalue weighted by Crippen LogP contribution is 2.21. The third kappa shape index (κ3) is 4.82. The normalized spacial score (nSPS) is 20.5. The summed E-state index contributed by atoms with van der Waals surface area (Å²) < 4.78 is 29.6. The van der Waals surface area contributed by atoms with Crippen LogP contribution < -0.4 is 5.32 Å². The van der Waals surface area contributed by atoms with E-state index in [0.29, 0.717) is 30.1 Å². The first kappa shape index (κ1) is 14.2. The molecule has 0 aliphatic carbocycles. The molecular weight excluding hydrogens is 276 g/mol. The zero-order chi connectivity index (χ0) is 12.8. The second-order valence-corrected chi connectivity index (χ2v) is 6.36. The van der Waals surface area contributed by atoms with Crippen molar-refractivity contribution in [2.75, 3.05) is 11.5 Å². The van der Waals surface area contributed by atoms with Crippen LogP contribution in [0, 0.1) is 0 Å². The molecule has 6 heteroatoms. The van der Waals surface area contributed by atoms with Gasteiger partial charge in [-0.25, -0.2) is 0 Å². The van der Waals surface area contributed by atoms with Gasteiger partial charge < -0.3 is 9.73 Å². The van der Waals surface area contributed by atoms with Crippen LogP contribution in [0.25, 0.3) is 0 Å². The quantitative estimate of drug-likeness (QED) is 0.864. The zero-order valence-corrected chi connectivity index (χ0v) is 11.7. The number of nitrogens with one attached hydrogen (secondary N) is 1. The summed E-state index contributed by atoms with van der Waals surface area (Å²) >= 11 is 2.57. The van der Waals surface area contributed by atoms with Crippen LogP contribution in [0.15, 0.2) is 16.5 Å². The van der Waals surface area contributed by atoms with Crippen molar-refractivity contribution in [2.24, 2.45) is 0 Å². The lowest BCUT2D eigenvalue weighted by atomic mass is 10.2. The molecule has 102 valence electrons. The van der Waals surface area contributed by atoms with Crippen LogP contribution in [0.3, 0.4) is 0 Å². The van der Waals surface area contributed by atoms with Crippen molar-refractivity contribution in [1.82, 2.24) is 5.32 Å². The molecule has 1 saturated heterocycles. The Bertz CT molecular complexity index is 354. The summed E-state index contributed by atoms with van der Waals surface area (Å²) in [5.41, 5.74) is 0. The standard InChI is InChI=1S/C12H17F2NOS2/c13-12(14)18-8-11-4-3-10(16-11)6-15-9-2-1-5-17-7-9/h3-4,9,12,15H,1-2,5-8H2. The van der Waals surface area contributed by atoms with Crippen LogP contribution >= 0.6 is 23.5 Å². The van der Waals surface area contributed by atoms with Gasteiger partial charge in [-0.05, 0) is 30.7 Å². The van der Waals surface area contributed by atoms with Gasteiger partial charge in [0.25, 0.3) is 5.76 Å². The molecule has 0 spiro atoms. The fourth-order valence-corrected chi connectivity index (χ4v) is 3.44. The topological polar surface area (TPSA) is 25.2 Å². The van der Waals surface area contributed by atoms with Gasteiger partial charge in [-0.15, -0.1) is 0 Å². The summed E-state index contributed by atoms with van der Waals surface area (Å²) in [6.07, 6.45) is 2.47. The van der Waals surface area contributed by atoms with E-state index in [4.69, 9.17) is 4.42 Å². The maximum atomic E-state index is 12.0. The van der Waals surface area contributed by atoms with Gasteiger partial charge in [-0.3, -0.25) is 0 Å². The molecule has 1 aromatic heterocycles. The van der Waals surface area contributed by atoms with E-state index in [9.17, 15) is 8.78 Å². The first-order valence-electron chi connectivity index (χ1n) is 6.02. The van der Waals surface area contributed by atoms with Gasteiger partial charge in [0, 0.05) is 11.8 Å².